The average Bonchev–Trinajstić information content (AvgIpc) is 2.49. The number of nitrogens with one attached hydrogen (secondary N) is 1. The second-order valence-corrected chi connectivity index (χ2v) is 7.55. The SMILES string of the molecule is CC(CCn1ccc(C#CCO)cc1=O)(C(=O)NO)S(C)(=O)=O. The number of aliphatic hydroxyl groups is 1. The van der Waals surface area contributed by atoms with Crippen LogP contribution in [0, 0.1) is 11.8 Å². The van der Waals surface area contributed by atoms with Gasteiger partial charge in [0, 0.05) is 30.6 Å². The number of amides is 1. The summed E-state index contributed by atoms with van der Waals surface area (Å²) < 4.78 is 23.0. The summed E-state index contributed by atoms with van der Waals surface area (Å²) in [5, 5.41) is 17.3. The van der Waals surface area contributed by atoms with Crippen LogP contribution in [0.25, 0.3) is 0 Å². The molecule has 0 spiro atoms. The largest absolute Gasteiger partial charge is 0.384 e. The van der Waals surface area contributed by atoms with Gasteiger partial charge in [-0.25, -0.2) is 13.9 Å². The molecule has 0 aromatic carbocycles. The fourth-order valence-corrected chi connectivity index (χ4v) is 2.68. The Hall–Kier alpha value is -2.15. The van der Waals surface area contributed by atoms with E-state index in [1.807, 2.05) is 0 Å². The van der Waals surface area contributed by atoms with Crippen LogP contribution in [0.2, 0.25) is 0 Å². The summed E-state index contributed by atoms with van der Waals surface area (Å²) in [7, 11) is -3.82. The minimum Gasteiger partial charge on any atom is -0.384 e. The maximum absolute atomic E-state index is 11.9. The average molecular weight is 342 g/mol. The smallest absolute Gasteiger partial charge is 0.264 e. The third kappa shape index (κ3) is 4.41. The second kappa shape index (κ2) is 7.41. The van der Waals surface area contributed by atoms with E-state index in [0.717, 1.165) is 6.26 Å². The zero-order chi connectivity index (χ0) is 17.7. The molecule has 0 aliphatic carbocycles. The molecular weight excluding hydrogens is 324 g/mol. The third-order valence-corrected chi connectivity index (χ3v) is 5.56. The lowest BCUT2D eigenvalue weighted by Gasteiger charge is -2.25. The van der Waals surface area contributed by atoms with Gasteiger partial charge in [0.25, 0.3) is 11.5 Å². The van der Waals surface area contributed by atoms with Crippen molar-refractivity contribution in [1.82, 2.24) is 10.0 Å². The number of aryl methyl sites for hydroxylation is 1. The van der Waals surface area contributed by atoms with Crippen LogP contribution in [0.4, 0.5) is 0 Å². The topological polar surface area (TPSA) is 126 Å². The minimum absolute atomic E-state index is 0.0382. The van der Waals surface area contributed by atoms with Gasteiger partial charge in [0.05, 0.1) is 0 Å². The van der Waals surface area contributed by atoms with E-state index in [4.69, 9.17) is 10.3 Å². The third-order valence-electron chi connectivity index (χ3n) is 3.54. The molecule has 0 saturated carbocycles. The predicted octanol–water partition coefficient (Wildman–Crippen LogP) is -1.11. The Labute approximate surface area is 133 Å². The molecule has 1 amide bonds. The van der Waals surface area contributed by atoms with Gasteiger partial charge in [0.1, 0.15) is 6.61 Å². The van der Waals surface area contributed by atoms with Gasteiger partial charge in [-0.05, 0) is 19.4 Å². The van der Waals surface area contributed by atoms with Crippen LogP contribution < -0.4 is 11.0 Å². The molecule has 8 nitrogen and oxygen atoms in total. The van der Waals surface area contributed by atoms with Crippen molar-refractivity contribution < 1.29 is 23.5 Å². The Morgan fingerprint density at radius 1 is 1.48 bits per heavy atom. The summed E-state index contributed by atoms with van der Waals surface area (Å²) in [6, 6.07) is 2.78. The van der Waals surface area contributed by atoms with Crippen LogP contribution in [0.1, 0.15) is 18.9 Å². The normalized spacial score (nSPS) is 13.6. The first-order valence-corrected chi connectivity index (χ1v) is 8.49. The number of aliphatic hydroxyl groups excluding tert-OH is 1. The summed E-state index contributed by atoms with van der Waals surface area (Å²) >= 11 is 0. The molecule has 1 unspecified atom stereocenters. The van der Waals surface area contributed by atoms with Crippen molar-refractivity contribution in [2.24, 2.45) is 0 Å². The lowest BCUT2D eigenvalue weighted by molar-refractivity contribution is -0.131. The molecule has 3 N–H and O–H groups in total. The van der Waals surface area contributed by atoms with Gasteiger partial charge in [-0.3, -0.25) is 14.8 Å². The maximum Gasteiger partial charge on any atom is 0.264 e. The molecular formula is C14H18N2O6S. The zero-order valence-corrected chi connectivity index (χ0v) is 13.6. The first kappa shape index (κ1) is 18.9. The number of hydrogen-bond donors (Lipinski definition) is 3. The van der Waals surface area contributed by atoms with Crippen molar-refractivity contribution in [1.29, 1.82) is 0 Å². The molecule has 0 radical (unpaired) electrons. The number of carbonyl (C=O) groups is 1. The van der Waals surface area contributed by atoms with Gasteiger partial charge in [-0.2, -0.15) is 0 Å². The number of carbonyl (C=O) groups excluding carboxylic acids is 1. The van der Waals surface area contributed by atoms with E-state index in [2.05, 4.69) is 11.8 Å². The highest BCUT2D eigenvalue weighted by molar-refractivity contribution is 7.92. The van der Waals surface area contributed by atoms with E-state index in [1.54, 1.807) is 0 Å². The molecule has 0 bridgehead atoms. The van der Waals surface area contributed by atoms with Crippen molar-refractivity contribution in [2.75, 3.05) is 12.9 Å². The molecule has 0 saturated heterocycles. The van der Waals surface area contributed by atoms with E-state index >= 15 is 0 Å². The van der Waals surface area contributed by atoms with Crippen LogP contribution in [-0.2, 0) is 21.2 Å². The number of nitrogens with zero attached hydrogens (tertiary/aromatic N) is 1. The van der Waals surface area contributed by atoms with Crippen molar-refractivity contribution >= 4 is 15.7 Å². The Morgan fingerprint density at radius 3 is 2.61 bits per heavy atom. The summed E-state index contributed by atoms with van der Waals surface area (Å²) in [5.41, 5.74) is 1.34. The van der Waals surface area contributed by atoms with Crippen molar-refractivity contribution in [3.63, 3.8) is 0 Å². The van der Waals surface area contributed by atoms with Gasteiger partial charge in [-0.1, -0.05) is 11.8 Å². The number of hydroxylamine groups is 1. The first-order chi connectivity index (χ1) is 10.7. The molecule has 9 heteroatoms. The number of hydrogen-bond acceptors (Lipinski definition) is 6. The second-order valence-electron chi connectivity index (χ2n) is 5.10. The van der Waals surface area contributed by atoms with Crippen LogP contribution >= 0.6 is 0 Å². The molecule has 0 fully saturated rings. The number of pyridine rings is 1. The highest BCUT2D eigenvalue weighted by Crippen LogP contribution is 2.21. The predicted molar refractivity (Wildman–Crippen MR) is 82.5 cm³/mol. The maximum atomic E-state index is 11.9. The van der Waals surface area contributed by atoms with Gasteiger partial charge >= 0.3 is 0 Å². The molecule has 23 heavy (non-hydrogen) atoms. The highest BCUT2D eigenvalue weighted by atomic mass is 32.2. The van der Waals surface area contributed by atoms with Crippen LogP contribution in [-0.4, -0.2) is 46.8 Å². The van der Waals surface area contributed by atoms with Crippen LogP contribution in [0.3, 0.4) is 0 Å². The van der Waals surface area contributed by atoms with Gasteiger partial charge in [0.15, 0.2) is 14.6 Å². The van der Waals surface area contributed by atoms with Crippen molar-refractivity contribution in [3.05, 3.63) is 34.2 Å². The molecule has 0 aliphatic heterocycles. The van der Waals surface area contributed by atoms with Crippen molar-refractivity contribution in [2.45, 2.75) is 24.6 Å². The fourth-order valence-electron chi connectivity index (χ4n) is 1.83. The molecule has 126 valence electrons. The summed E-state index contributed by atoms with van der Waals surface area (Å²) in [6.07, 6.45) is 2.11. The minimum atomic E-state index is -3.82. The Bertz CT molecular complexity index is 803. The van der Waals surface area contributed by atoms with E-state index in [-0.39, 0.29) is 19.6 Å². The van der Waals surface area contributed by atoms with E-state index < -0.39 is 26.1 Å². The number of sulfone groups is 1. The van der Waals surface area contributed by atoms with Gasteiger partial charge in [-0.15, -0.1) is 0 Å². The number of rotatable bonds is 5. The first-order valence-electron chi connectivity index (χ1n) is 6.60. The van der Waals surface area contributed by atoms with Crippen LogP contribution in [0.15, 0.2) is 23.1 Å². The molecule has 0 aliphatic rings. The Kier molecular flexibility index (Phi) is 6.09. The number of aromatic nitrogens is 1. The molecule has 1 aromatic rings. The molecule has 1 aromatic heterocycles. The lowest BCUT2D eigenvalue weighted by atomic mass is 10.1. The summed E-state index contributed by atoms with van der Waals surface area (Å²) in [6.45, 7) is 0.815. The van der Waals surface area contributed by atoms with Crippen molar-refractivity contribution in [3.8, 4) is 11.8 Å². The lowest BCUT2D eigenvalue weighted by Crippen LogP contribution is -2.49. The Morgan fingerprint density at radius 2 is 2.13 bits per heavy atom. The summed E-state index contributed by atoms with van der Waals surface area (Å²) in [5.74, 6) is 3.93. The zero-order valence-electron chi connectivity index (χ0n) is 12.7. The van der Waals surface area contributed by atoms with Crippen LogP contribution in [0.5, 0.6) is 0 Å². The fraction of sp³-hybridized carbons (Fsp3) is 0.429. The standard InChI is InChI=1S/C14H18N2O6S/c1-14(13(19)15-20,23(2,21)22)6-8-16-7-5-11(4-3-9-17)10-12(16)18/h5,7,10,17,20H,6,8-9H2,1-2H3,(H,15,19). The van der Waals surface area contributed by atoms with E-state index in [1.165, 1.54) is 35.3 Å². The van der Waals surface area contributed by atoms with Gasteiger partial charge in [0.2, 0.25) is 0 Å². The summed E-state index contributed by atoms with van der Waals surface area (Å²) in [4.78, 5) is 23.6. The highest BCUT2D eigenvalue weighted by Gasteiger charge is 2.43. The van der Waals surface area contributed by atoms with E-state index in [9.17, 15) is 18.0 Å². The molecule has 1 heterocycles. The quantitative estimate of drug-likeness (QED) is 0.354. The molecule has 1 atom stereocenters. The monoisotopic (exact) mass is 342 g/mol. The molecule has 1 rings (SSSR count). The van der Waals surface area contributed by atoms with E-state index in [0.29, 0.717) is 5.56 Å². The van der Waals surface area contributed by atoms with Gasteiger partial charge < -0.3 is 9.67 Å². The Balaban J connectivity index is 3.04.